The van der Waals surface area contributed by atoms with Gasteiger partial charge in [-0.3, -0.25) is 4.90 Å². The lowest BCUT2D eigenvalue weighted by molar-refractivity contribution is -0.0136. The number of benzene rings is 1. The molecule has 3 fully saturated rings. The van der Waals surface area contributed by atoms with Crippen molar-refractivity contribution in [2.75, 3.05) is 43.6 Å². The summed E-state index contributed by atoms with van der Waals surface area (Å²) >= 11 is 6.49. The van der Waals surface area contributed by atoms with Crippen LogP contribution in [0.3, 0.4) is 0 Å². The Hall–Kier alpha value is -2.53. The second-order valence-electron chi connectivity index (χ2n) is 10.3. The number of likely N-dealkylation sites (N-methyl/N-ethyl adjacent to an activating group) is 1. The predicted molar refractivity (Wildman–Crippen MR) is 137 cm³/mol. The molecule has 36 heavy (non-hydrogen) atoms. The number of nitrogens with one attached hydrogen (secondary N) is 1. The third kappa shape index (κ3) is 4.09. The van der Waals surface area contributed by atoms with Crippen LogP contribution in [0.2, 0.25) is 5.02 Å². The standard InChI is InChI=1S/C25H31ClFN7O2/c1-13(2)34-20-9-14(22-15(26)11-28-24(30-22)29-17-4-7-36-12-21(17)35)8-16(27)23(20)31-25(34)33-6-5-32(3)18-10-19(18)33/h8-9,11,13,17-19,21,35H,4-7,10,12H2,1-3H3,(H,28,29,30)/t17-,18-,19+,21-/m1/s1. The molecule has 1 aromatic carbocycles. The van der Waals surface area contributed by atoms with Gasteiger partial charge >= 0.3 is 0 Å². The average molecular weight is 516 g/mol. The maximum Gasteiger partial charge on any atom is 0.223 e. The number of rotatable bonds is 5. The number of imidazole rings is 1. The van der Waals surface area contributed by atoms with E-state index in [1.165, 1.54) is 12.3 Å². The van der Waals surface area contributed by atoms with Crippen molar-refractivity contribution in [1.82, 2.24) is 24.4 Å². The van der Waals surface area contributed by atoms with E-state index in [2.05, 4.69) is 50.5 Å². The fourth-order valence-corrected chi connectivity index (χ4v) is 5.71. The van der Waals surface area contributed by atoms with Crippen LogP contribution in [-0.2, 0) is 4.74 Å². The monoisotopic (exact) mass is 515 g/mol. The van der Waals surface area contributed by atoms with Gasteiger partial charge < -0.3 is 24.6 Å². The molecule has 0 unspecified atom stereocenters. The van der Waals surface area contributed by atoms with Gasteiger partial charge in [0.25, 0.3) is 0 Å². The number of nitrogens with zero attached hydrogens (tertiary/aromatic N) is 6. The highest BCUT2D eigenvalue weighted by atomic mass is 35.5. The Morgan fingerprint density at radius 1 is 1.22 bits per heavy atom. The topological polar surface area (TPSA) is 91.6 Å². The summed E-state index contributed by atoms with van der Waals surface area (Å²) in [7, 11) is 2.16. The second kappa shape index (κ2) is 9.09. The normalized spacial score (nSPS) is 26.5. The number of aromatic nitrogens is 4. The smallest absolute Gasteiger partial charge is 0.223 e. The Balaban J connectivity index is 1.39. The van der Waals surface area contributed by atoms with Gasteiger partial charge in [-0.05, 0) is 45.9 Å². The number of piperazine rings is 1. The third-order valence-corrected chi connectivity index (χ3v) is 7.82. The van der Waals surface area contributed by atoms with Crippen LogP contribution < -0.4 is 10.2 Å². The van der Waals surface area contributed by atoms with Crippen molar-refractivity contribution >= 4 is 34.5 Å². The van der Waals surface area contributed by atoms with E-state index in [4.69, 9.17) is 21.3 Å². The molecule has 9 nitrogen and oxygen atoms in total. The number of ether oxygens (including phenoxy) is 1. The summed E-state index contributed by atoms with van der Waals surface area (Å²) in [6.07, 6.45) is 2.59. The van der Waals surface area contributed by atoms with Crippen LogP contribution in [0.5, 0.6) is 0 Å². The molecule has 4 atom stereocenters. The zero-order valence-electron chi connectivity index (χ0n) is 20.7. The largest absolute Gasteiger partial charge is 0.389 e. The highest BCUT2D eigenvalue weighted by Crippen LogP contribution is 2.41. The van der Waals surface area contributed by atoms with Crippen molar-refractivity contribution in [2.45, 2.75) is 57.0 Å². The quantitative estimate of drug-likeness (QED) is 0.535. The molecule has 3 aromatic rings. The van der Waals surface area contributed by atoms with Crippen LogP contribution in [0.15, 0.2) is 18.3 Å². The second-order valence-corrected chi connectivity index (χ2v) is 10.7. The molecule has 0 bridgehead atoms. The van der Waals surface area contributed by atoms with E-state index in [1.54, 1.807) is 0 Å². The first-order chi connectivity index (χ1) is 17.3. The molecule has 2 aliphatic heterocycles. The first kappa shape index (κ1) is 23.8. The van der Waals surface area contributed by atoms with Crippen molar-refractivity contribution in [3.05, 3.63) is 29.2 Å². The zero-order chi connectivity index (χ0) is 25.1. The Morgan fingerprint density at radius 3 is 2.83 bits per heavy atom. The Bertz CT molecular complexity index is 1300. The van der Waals surface area contributed by atoms with Crippen molar-refractivity contribution in [3.8, 4) is 11.3 Å². The van der Waals surface area contributed by atoms with Crippen LogP contribution in [0, 0.1) is 5.82 Å². The maximum absolute atomic E-state index is 15.5. The summed E-state index contributed by atoms with van der Waals surface area (Å²) < 4.78 is 22.9. The summed E-state index contributed by atoms with van der Waals surface area (Å²) in [5.74, 6) is 0.742. The molecule has 3 aliphatic rings. The molecule has 1 aliphatic carbocycles. The molecule has 2 aromatic heterocycles. The van der Waals surface area contributed by atoms with E-state index < -0.39 is 11.9 Å². The van der Waals surface area contributed by atoms with Gasteiger partial charge in [-0.2, -0.15) is 0 Å². The summed E-state index contributed by atoms with van der Waals surface area (Å²) in [6, 6.07) is 4.17. The van der Waals surface area contributed by atoms with Gasteiger partial charge in [0, 0.05) is 43.4 Å². The van der Waals surface area contributed by atoms with E-state index in [0.717, 1.165) is 31.0 Å². The molecule has 192 valence electrons. The van der Waals surface area contributed by atoms with E-state index in [9.17, 15) is 5.11 Å². The van der Waals surface area contributed by atoms with Gasteiger partial charge in [-0.25, -0.2) is 19.3 Å². The first-order valence-electron chi connectivity index (χ1n) is 12.6. The molecule has 0 radical (unpaired) electrons. The number of halogens is 2. The fourth-order valence-electron chi connectivity index (χ4n) is 5.51. The molecule has 2 N–H and O–H groups in total. The number of fused-ring (bicyclic) bond motifs is 2. The Labute approximate surface area is 214 Å². The number of anilines is 2. The minimum Gasteiger partial charge on any atom is -0.389 e. The summed E-state index contributed by atoms with van der Waals surface area (Å²) in [4.78, 5) is 18.4. The van der Waals surface area contributed by atoms with E-state index in [-0.39, 0.29) is 18.7 Å². The van der Waals surface area contributed by atoms with Crippen LogP contribution in [0.1, 0.15) is 32.7 Å². The molecule has 4 heterocycles. The molecular weight excluding hydrogens is 485 g/mol. The lowest BCUT2D eigenvalue weighted by Crippen LogP contribution is -2.45. The predicted octanol–water partition coefficient (Wildman–Crippen LogP) is 3.32. The van der Waals surface area contributed by atoms with Crippen molar-refractivity contribution in [2.24, 2.45) is 0 Å². The van der Waals surface area contributed by atoms with Crippen LogP contribution in [-0.4, -0.2) is 87.1 Å². The Kier molecular flexibility index (Phi) is 6.02. The van der Waals surface area contributed by atoms with Crippen LogP contribution >= 0.6 is 11.6 Å². The summed E-state index contributed by atoms with van der Waals surface area (Å²) in [6.45, 7) is 6.82. The van der Waals surface area contributed by atoms with E-state index in [0.29, 0.717) is 52.9 Å². The zero-order valence-corrected chi connectivity index (χ0v) is 21.4. The van der Waals surface area contributed by atoms with E-state index >= 15 is 4.39 Å². The van der Waals surface area contributed by atoms with Crippen LogP contribution in [0.25, 0.3) is 22.3 Å². The summed E-state index contributed by atoms with van der Waals surface area (Å²) in [5, 5.41) is 13.7. The van der Waals surface area contributed by atoms with Crippen LogP contribution in [0.4, 0.5) is 16.3 Å². The molecule has 11 heteroatoms. The maximum atomic E-state index is 15.5. The van der Waals surface area contributed by atoms with Crippen molar-refractivity contribution < 1.29 is 14.2 Å². The average Bonchev–Trinajstić information content (AvgIpc) is 3.56. The van der Waals surface area contributed by atoms with Gasteiger partial charge in [0.1, 0.15) is 5.52 Å². The van der Waals surface area contributed by atoms with Gasteiger partial charge in [0.15, 0.2) is 5.82 Å². The fraction of sp³-hybridized carbons (Fsp3) is 0.560. The van der Waals surface area contributed by atoms with Gasteiger partial charge in [0.2, 0.25) is 11.9 Å². The number of hydrogen-bond acceptors (Lipinski definition) is 8. The molecule has 0 amide bonds. The SMILES string of the molecule is CC(C)n1c(N2CCN(C)[C@@H]3C[C@@H]32)nc2c(F)cc(-c3nc(N[C@@H]4CCOC[C@H]4O)ncc3Cl)cc21. The molecule has 0 spiro atoms. The Morgan fingerprint density at radius 2 is 2.06 bits per heavy atom. The summed E-state index contributed by atoms with van der Waals surface area (Å²) in [5.41, 5.74) is 2.05. The number of hydrogen-bond donors (Lipinski definition) is 2. The minimum atomic E-state index is -0.658. The molecular formula is C25H31ClFN7O2. The third-order valence-electron chi connectivity index (χ3n) is 7.55. The first-order valence-corrected chi connectivity index (χ1v) is 12.9. The molecule has 1 saturated carbocycles. The van der Waals surface area contributed by atoms with E-state index in [1.807, 2.05) is 6.07 Å². The molecule has 6 rings (SSSR count). The van der Waals surface area contributed by atoms with Gasteiger partial charge in [0.05, 0.1) is 41.2 Å². The molecule has 2 saturated heterocycles. The lowest BCUT2D eigenvalue weighted by Gasteiger charge is -2.33. The van der Waals surface area contributed by atoms with Gasteiger partial charge in [-0.15, -0.1) is 0 Å². The highest BCUT2D eigenvalue weighted by molar-refractivity contribution is 6.33. The van der Waals surface area contributed by atoms with Gasteiger partial charge in [-0.1, -0.05) is 11.6 Å². The number of aliphatic hydroxyl groups is 1. The number of aliphatic hydroxyl groups excluding tert-OH is 1. The van der Waals surface area contributed by atoms with Crippen molar-refractivity contribution in [3.63, 3.8) is 0 Å². The highest BCUT2D eigenvalue weighted by Gasteiger charge is 2.49. The lowest BCUT2D eigenvalue weighted by atomic mass is 10.1. The minimum absolute atomic E-state index is 0.0876. The van der Waals surface area contributed by atoms with Crippen molar-refractivity contribution in [1.29, 1.82) is 0 Å².